The molecule has 34 heavy (non-hydrogen) atoms. The van der Waals surface area contributed by atoms with E-state index >= 15 is 0 Å². The van der Waals surface area contributed by atoms with Gasteiger partial charge < -0.3 is 25.8 Å². The third-order valence-electron chi connectivity index (χ3n) is 5.25. The summed E-state index contributed by atoms with van der Waals surface area (Å²) in [6, 6.07) is 16.5. The fourth-order valence-electron chi connectivity index (χ4n) is 3.59. The van der Waals surface area contributed by atoms with E-state index < -0.39 is 42.1 Å². The number of alkyl halides is 1. The molecule has 2 amide bonds. The summed E-state index contributed by atoms with van der Waals surface area (Å²) in [6.45, 7) is 1.80. The largest absolute Gasteiger partial charge is 0.465 e. The molecule has 0 fully saturated rings. The molecule has 0 spiro atoms. The Kier molecular flexibility index (Phi) is 11.0. The maximum atomic E-state index is 14.3. The van der Waals surface area contributed by atoms with Crippen molar-refractivity contribution < 1.29 is 28.2 Å². The van der Waals surface area contributed by atoms with E-state index in [-0.39, 0.29) is 26.0 Å². The maximum Gasteiger partial charge on any atom is 0.407 e. The minimum absolute atomic E-state index is 0.00873. The lowest BCUT2D eigenvalue weighted by atomic mass is 9.84. The molecular weight excluding hydrogens is 441 g/mol. The molecule has 8 nitrogen and oxygen atoms in total. The number of rotatable bonds is 12. The van der Waals surface area contributed by atoms with Gasteiger partial charge in [-0.25, -0.2) is 9.18 Å². The number of methoxy groups -OCH3 is 1. The third-order valence-corrected chi connectivity index (χ3v) is 5.25. The lowest BCUT2D eigenvalue weighted by Gasteiger charge is -2.28. The topological polar surface area (TPSA) is 120 Å². The summed E-state index contributed by atoms with van der Waals surface area (Å²) in [6.07, 6.45) is -2.44. The Balaban J connectivity index is 2.13. The highest BCUT2D eigenvalue weighted by molar-refractivity contribution is 5.87. The zero-order valence-electron chi connectivity index (χ0n) is 19.4. The minimum atomic E-state index is -1.41. The van der Waals surface area contributed by atoms with Gasteiger partial charge in [0, 0.05) is 18.9 Å². The Labute approximate surface area is 199 Å². The Bertz CT molecular complexity index is 874. The van der Waals surface area contributed by atoms with Gasteiger partial charge in [0.2, 0.25) is 5.91 Å². The third kappa shape index (κ3) is 8.15. The Hall–Kier alpha value is -3.46. The number of carbonyl (C=O) groups excluding carboxylic acids is 3. The lowest BCUT2D eigenvalue weighted by molar-refractivity contribution is -0.145. The van der Waals surface area contributed by atoms with Crippen LogP contribution in [0.25, 0.3) is 0 Å². The number of nitrogens with one attached hydrogen (secondary N) is 2. The average molecular weight is 474 g/mol. The molecule has 0 aliphatic carbocycles. The van der Waals surface area contributed by atoms with E-state index in [0.717, 1.165) is 11.1 Å². The second kappa shape index (κ2) is 13.9. The van der Waals surface area contributed by atoms with Crippen LogP contribution in [0.5, 0.6) is 0 Å². The summed E-state index contributed by atoms with van der Waals surface area (Å²) in [7, 11) is 1.21. The van der Waals surface area contributed by atoms with E-state index in [0.29, 0.717) is 0 Å². The molecule has 0 saturated heterocycles. The van der Waals surface area contributed by atoms with Gasteiger partial charge in [-0.3, -0.25) is 9.59 Å². The number of amides is 2. The summed E-state index contributed by atoms with van der Waals surface area (Å²) in [5, 5.41) is 5.30. The van der Waals surface area contributed by atoms with Crippen LogP contribution in [-0.2, 0) is 19.1 Å². The molecule has 0 heterocycles. The van der Waals surface area contributed by atoms with Crippen molar-refractivity contribution in [1.29, 1.82) is 0 Å². The monoisotopic (exact) mass is 473 g/mol. The molecule has 0 radical (unpaired) electrons. The lowest BCUT2D eigenvalue weighted by Crippen LogP contribution is -2.50. The van der Waals surface area contributed by atoms with Gasteiger partial charge in [0.15, 0.2) is 0 Å². The quantitative estimate of drug-likeness (QED) is 0.408. The van der Waals surface area contributed by atoms with E-state index in [1.54, 1.807) is 6.92 Å². The van der Waals surface area contributed by atoms with E-state index in [2.05, 4.69) is 10.6 Å². The van der Waals surface area contributed by atoms with E-state index in [9.17, 15) is 18.8 Å². The van der Waals surface area contributed by atoms with Gasteiger partial charge in [-0.05, 0) is 24.5 Å². The van der Waals surface area contributed by atoms with Crippen LogP contribution >= 0.6 is 0 Å². The number of hydrogen-bond donors (Lipinski definition) is 3. The van der Waals surface area contributed by atoms with Crippen LogP contribution in [0, 0.1) is 0 Å². The smallest absolute Gasteiger partial charge is 0.407 e. The van der Waals surface area contributed by atoms with Crippen molar-refractivity contribution in [2.75, 3.05) is 20.3 Å². The Morgan fingerprint density at radius 1 is 1.00 bits per heavy atom. The predicted octanol–water partition coefficient (Wildman–Crippen LogP) is 2.67. The Morgan fingerprint density at radius 2 is 1.56 bits per heavy atom. The van der Waals surface area contributed by atoms with Gasteiger partial charge in [-0.15, -0.1) is 0 Å². The predicted molar refractivity (Wildman–Crippen MR) is 126 cm³/mol. The highest BCUT2D eigenvalue weighted by Gasteiger charge is 2.33. The van der Waals surface area contributed by atoms with Crippen molar-refractivity contribution >= 4 is 18.0 Å². The number of ether oxygens (including phenoxy) is 2. The fourth-order valence-corrected chi connectivity index (χ4v) is 3.59. The van der Waals surface area contributed by atoms with Gasteiger partial charge in [-0.1, -0.05) is 60.7 Å². The molecule has 2 aromatic rings. The molecule has 4 N–H and O–H groups in total. The summed E-state index contributed by atoms with van der Waals surface area (Å²) in [5.74, 6) is -1.67. The summed E-state index contributed by atoms with van der Waals surface area (Å²) < 4.78 is 23.8. The number of hydrogen-bond acceptors (Lipinski definition) is 6. The first-order chi connectivity index (χ1) is 16.4. The van der Waals surface area contributed by atoms with Gasteiger partial charge in [-0.2, -0.15) is 0 Å². The molecule has 2 rings (SSSR count). The average Bonchev–Trinajstić information content (AvgIpc) is 2.84. The first kappa shape index (κ1) is 26.8. The van der Waals surface area contributed by atoms with Crippen LogP contribution in [0.3, 0.4) is 0 Å². The van der Waals surface area contributed by atoms with Crippen molar-refractivity contribution in [3.63, 3.8) is 0 Å². The molecule has 1 unspecified atom stereocenters. The van der Waals surface area contributed by atoms with Gasteiger partial charge >= 0.3 is 12.1 Å². The summed E-state index contributed by atoms with van der Waals surface area (Å²) in [5.41, 5.74) is 7.29. The molecule has 0 aromatic heterocycles. The number of esters is 1. The zero-order chi connectivity index (χ0) is 24.9. The number of carbonyl (C=O) groups is 3. The minimum Gasteiger partial charge on any atom is -0.465 e. The first-order valence-electron chi connectivity index (χ1n) is 11.2. The van der Waals surface area contributed by atoms with E-state index in [1.165, 1.54) is 7.11 Å². The molecular formula is C25H32FN3O5. The molecule has 0 aliphatic heterocycles. The van der Waals surface area contributed by atoms with Crippen LogP contribution in [0.4, 0.5) is 9.18 Å². The van der Waals surface area contributed by atoms with Crippen molar-refractivity contribution in [1.82, 2.24) is 10.6 Å². The number of nitrogens with two attached hydrogens (primary N) is 1. The molecule has 184 valence electrons. The normalized spacial score (nSPS) is 13.4. The second-order valence-electron chi connectivity index (χ2n) is 7.68. The first-order valence-corrected chi connectivity index (χ1v) is 11.2. The second-order valence-corrected chi connectivity index (χ2v) is 7.68. The van der Waals surface area contributed by atoms with Crippen molar-refractivity contribution in [3.05, 3.63) is 71.8 Å². The van der Waals surface area contributed by atoms with Crippen LogP contribution in [0.2, 0.25) is 0 Å². The van der Waals surface area contributed by atoms with E-state index in [4.69, 9.17) is 15.2 Å². The van der Waals surface area contributed by atoms with Gasteiger partial charge in [0.05, 0.1) is 13.7 Å². The standard InChI is InChI=1S/C25H32FN3O5/c1-3-34-24(31)20(27)16-19(26)14-15-28-23(30)22(29-25(32)33-2)21(17-10-6-4-7-11-17)18-12-8-5-9-13-18/h4-13,19-22H,3,14-16,27H2,1-2H3,(H,28,30)(H,29,32)/t19?,20-,22-/m0/s1. The highest BCUT2D eigenvalue weighted by Crippen LogP contribution is 2.28. The fraction of sp³-hybridized carbons (Fsp3) is 0.400. The highest BCUT2D eigenvalue weighted by atomic mass is 19.1. The molecule has 9 heteroatoms. The molecule has 0 bridgehead atoms. The summed E-state index contributed by atoms with van der Waals surface area (Å²) in [4.78, 5) is 36.9. The zero-order valence-corrected chi connectivity index (χ0v) is 19.4. The molecule has 2 aromatic carbocycles. The number of halogens is 1. The number of benzene rings is 2. The SMILES string of the molecule is CCOC(=O)[C@@H](N)CC(F)CCNC(=O)[C@@H](NC(=O)OC)C(c1ccccc1)c1ccccc1. The maximum absolute atomic E-state index is 14.3. The van der Waals surface area contributed by atoms with Crippen LogP contribution in [0.1, 0.15) is 36.8 Å². The van der Waals surface area contributed by atoms with Crippen molar-refractivity contribution in [2.45, 2.75) is 43.9 Å². The van der Waals surface area contributed by atoms with Crippen molar-refractivity contribution in [3.8, 4) is 0 Å². The van der Waals surface area contributed by atoms with Crippen LogP contribution < -0.4 is 16.4 Å². The van der Waals surface area contributed by atoms with Gasteiger partial charge in [0.25, 0.3) is 0 Å². The van der Waals surface area contributed by atoms with Crippen LogP contribution in [0.15, 0.2) is 60.7 Å². The summed E-state index contributed by atoms with van der Waals surface area (Å²) >= 11 is 0. The number of alkyl carbamates (subject to hydrolysis) is 1. The molecule has 0 saturated carbocycles. The van der Waals surface area contributed by atoms with Crippen molar-refractivity contribution in [2.24, 2.45) is 5.73 Å². The van der Waals surface area contributed by atoms with Gasteiger partial charge in [0.1, 0.15) is 18.3 Å². The molecule has 0 aliphatic rings. The Morgan fingerprint density at radius 3 is 2.06 bits per heavy atom. The molecule has 3 atom stereocenters. The van der Waals surface area contributed by atoms with E-state index in [1.807, 2.05) is 60.7 Å². The van der Waals surface area contributed by atoms with Crippen LogP contribution in [-0.4, -0.2) is 56.5 Å².